The van der Waals surface area contributed by atoms with Crippen molar-refractivity contribution in [1.29, 1.82) is 0 Å². The molecule has 0 aliphatic carbocycles. The first-order valence-electron chi connectivity index (χ1n) is 9.21. The molecule has 0 unspecified atom stereocenters. The van der Waals surface area contributed by atoms with E-state index in [4.69, 9.17) is 0 Å². The predicted molar refractivity (Wildman–Crippen MR) is 110 cm³/mol. The van der Waals surface area contributed by atoms with Gasteiger partial charge in [-0.3, -0.25) is 14.5 Å². The Morgan fingerprint density at radius 1 is 1.07 bits per heavy atom. The number of benzene rings is 2. The molecule has 144 valence electrons. The van der Waals surface area contributed by atoms with Crippen LogP contribution in [-0.2, 0) is 17.9 Å². The van der Waals surface area contributed by atoms with E-state index in [-0.39, 0.29) is 11.8 Å². The molecule has 2 rings (SSSR count). The third kappa shape index (κ3) is 5.93. The highest BCUT2D eigenvalue weighted by molar-refractivity contribution is 5.97. The van der Waals surface area contributed by atoms with Gasteiger partial charge in [0.1, 0.15) is 0 Å². The van der Waals surface area contributed by atoms with Gasteiger partial charge in [0.15, 0.2) is 0 Å². The van der Waals surface area contributed by atoms with Gasteiger partial charge < -0.3 is 10.6 Å². The Bertz CT molecular complexity index is 815. The minimum atomic E-state index is -0.159. The number of carbonyl (C=O) groups excluding carboxylic acids is 2. The van der Waals surface area contributed by atoms with Gasteiger partial charge in [0.2, 0.25) is 5.91 Å². The van der Waals surface area contributed by atoms with Gasteiger partial charge in [0.25, 0.3) is 5.91 Å². The van der Waals surface area contributed by atoms with E-state index in [2.05, 4.69) is 42.5 Å². The van der Waals surface area contributed by atoms with E-state index in [0.29, 0.717) is 23.8 Å². The van der Waals surface area contributed by atoms with Crippen LogP contribution in [0.1, 0.15) is 47.8 Å². The molecular weight excluding hydrogens is 338 g/mol. The molecule has 2 aromatic rings. The summed E-state index contributed by atoms with van der Waals surface area (Å²) >= 11 is 0. The highest BCUT2D eigenvalue weighted by atomic mass is 16.2. The first-order valence-corrected chi connectivity index (χ1v) is 9.21. The smallest absolute Gasteiger partial charge is 0.251 e. The molecule has 0 aliphatic heterocycles. The molecule has 2 aromatic carbocycles. The molecule has 0 aromatic heterocycles. The van der Waals surface area contributed by atoms with Gasteiger partial charge in [0, 0.05) is 37.3 Å². The molecule has 0 radical (unpaired) electrons. The van der Waals surface area contributed by atoms with Crippen LogP contribution in [0.25, 0.3) is 0 Å². The van der Waals surface area contributed by atoms with Crippen molar-refractivity contribution in [2.45, 2.75) is 46.8 Å². The van der Waals surface area contributed by atoms with E-state index in [0.717, 1.165) is 17.7 Å². The van der Waals surface area contributed by atoms with Gasteiger partial charge >= 0.3 is 0 Å². The third-order valence-electron chi connectivity index (χ3n) is 4.67. The minimum absolute atomic E-state index is 0.154. The van der Waals surface area contributed by atoms with Gasteiger partial charge in [-0.15, -0.1) is 0 Å². The fraction of sp³-hybridized carbons (Fsp3) is 0.364. The molecule has 0 bridgehead atoms. The van der Waals surface area contributed by atoms with Crippen LogP contribution in [0.3, 0.4) is 0 Å². The zero-order valence-electron chi connectivity index (χ0n) is 16.8. The van der Waals surface area contributed by atoms with E-state index in [1.54, 1.807) is 12.1 Å². The quantitative estimate of drug-likeness (QED) is 0.784. The van der Waals surface area contributed by atoms with Crippen LogP contribution < -0.4 is 10.6 Å². The van der Waals surface area contributed by atoms with Gasteiger partial charge in [-0.1, -0.05) is 30.3 Å². The maximum atomic E-state index is 12.6. The molecule has 0 saturated heterocycles. The maximum Gasteiger partial charge on any atom is 0.251 e. The third-order valence-corrected chi connectivity index (χ3v) is 4.67. The second kappa shape index (κ2) is 9.33. The molecule has 0 spiro atoms. The summed E-state index contributed by atoms with van der Waals surface area (Å²) in [5, 5.41) is 5.75. The lowest BCUT2D eigenvalue weighted by atomic mass is 10.1. The summed E-state index contributed by atoms with van der Waals surface area (Å²) < 4.78 is 0. The van der Waals surface area contributed by atoms with Crippen molar-refractivity contribution in [3.63, 3.8) is 0 Å². The minimum Gasteiger partial charge on any atom is -0.348 e. The molecule has 0 heterocycles. The Hall–Kier alpha value is -2.66. The number of carbonyl (C=O) groups is 2. The molecule has 5 heteroatoms. The number of aryl methyl sites for hydroxylation is 1. The maximum absolute atomic E-state index is 12.6. The fourth-order valence-electron chi connectivity index (χ4n) is 2.70. The largest absolute Gasteiger partial charge is 0.348 e. The van der Waals surface area contributed by atoms with Crippen LogP contribution in [-0.4, -0.2) is 29.8 Å². The van der Waals surface area contributed by atoms with Crippen LogP contribution in [0.2, 0.25) is 0 Å². The average molecular weight is 367 g/mol. The Kier molecular flexibility index (Phi) is 7.13. The molecule has 0 aliphatic rings. The Balaban J connectivity index is 2.09. The van der Waals surface area contributed by atoms with E-state index in [1.165, 1.54) is 12.5 Å². The van der Waals surface area contributed by atoms with E-state index < -0.39 is 0 Å². The zero-order valence-corrected chi connectivity index (χ0v) is 16.8. The van der Waals surface area contributed by atoms with E-state index in [1.807, 2.05) is 31.2 Å². The van der Waals surface area contributed by atoms with Crippen molar-refractivity contribution in [3.8, 4) is 0 Å². The van der Waals surface area contributed by atoms with Crippen molar-refractivity contribution >= 4 is 17.5 Å². The standard InChI is InChI=1S/C22H29N3O2/c1-15(2)25(5)14-20-9-7-6-8-19(20)13-23-22(27)18-11-10-16(3)21(12-18)24-17(4)26/h6-12,15H,13-14H2,1-5H3,(H,23,27)(H,24,26). The Labute approximate surface area is 161 Å². The molecule has 2 N–H and O–H groups in total. The van der Waals surface area contributed by atoms with E-state index in [9.17, 15) is 9.59 Å². The lowest BCUT2D eigenvalue weighted by molar-refractivity contribution is -0.114. The second-order valence-corrected chi connectivity index (χ2v) is 7.17. The summed E-state index contributed by atoms with van der Waals surface area (Å²) in [5.74, 6) is -0.313. The highest BCUT2D eigenvalue weighted by Gasteiger charge is 2.11. The number of rotatable bonds is 7. The highest BCUT2D eigenvalue weighted by Crippen LogP contribution is 2.17. The van der Waals surface area contributed by atoms with Crippen LogP contribution in [0.15, 0.2) is 42.5 Å². The second-order valence-electron chi connectivity index (χ2n) is 7.17. The molecule has 2 amide bonds. The summed E-state index contributed by atoms with van der Waals surface area (Å²) in [6, 6.07) is 13.9. The summed E-state index contributed by atoms with van der Waals surface area (Å²) in [6.45, 7) is 8.97. The van der Waals surface area contributed by atoms with Crippen LogP contribution in [0.5, 0.6) is 0 Å². The predicted octanol–water partition coefficient (Wildman–Crippen LogP) is 3.72. The number of nitrogens with zero attached hydrogens (tertiary/aromatic N) is 1. The first-order chi connectivity index (χ1) is 12.8. The molecular formula is C22H29N3O2. The summed E-state index contributed by atoms with van der Waals surface area (Å²) in [7, 11) is 2.09. The Morgan fingerprint density at radius 2 is 1.74 bits per heavy atom. The first kappa shape index (κ1) is 20.6. The number of amides is 2. The number of anilines is 1. The van der Waals surface area contributed by atoms with Crippen LogP contribution in [0.4, 0.5) is 5.69 Å². The molecule has 0 atom stereocenters. The molecule has 5 nitrogen and oxygen atoms in total. The molecule has 0 fully saturated rings. The van der Waals surface area contributed by atoms with Crippen molar-refractivity contribution in [2.75, 3.05) is 12.4 Å². The average Bonchev–Trinajstić information content (AvgIpc) is 2.62. The van der Waals surface area contributed by atoms with Crippen LogP contribution in [0, 0.1) is 6.92 Å². The Morgan fingerprint density at radius 3 is 2.37 bits per heavy atom. The number of nitrogens with one attached hydrogen (secondary N) is 2. The zero-order chi connectivity index (χ0) is 20.0. The number of hydrogen-bond donors (Lipinski definition) is 2. The summed E-state index contributed by atoms with van der Waals surface area (Å²) in [6.07, 6.45) is 0. The summed E-state index contributed by atoms with van der Waals surface area (Å²) in [5.41, 5.74) is 4.42. The van der Waals surface area contributed by atoms with Crippen molar-refractivity contribution in [3.05, 3.63) is 64.7 Å². The lowest BCUT2D eigenvalue weighted by Crippen LogP contribution is -2.27. The summed E-state index contributed by atoms with van der Waals surface area (Å²) in [4.78, 5) is 26.2. The number of hydrogen-bond acceptors (Lipinski definition) is 3. The van der Waals surface area contributed by atoms with Gasteiger partial charge in [-0.05, 0) is 56.6 Å². The van der Waals surface area contributed by atoms with Crippen molar-refractivity contribution < 1.29 is 9.59 Å². The van der Waals surface area contributed by atoms with Gasteiger partial charge in [-0.25, -0.2) is 0 Å². The molecule has 0 saturated carbocycles. The van der Waals surface area contributed by atoms with Crippen molar-refractivity contribution in [1.82, 2.24) is 10.2 Å². The van der Waals surface area contributed by atoms with Crippen LogP contribution >= 0.6 is 0 Å². The molecule has 27 heavy (non-hydrogen) atoms. The normalized spacial score (nSPS) is 10.9. The SMILES string of the molecule is CC(=O)Nc1cc(C(=O)NCc2ccccc2CN(C)C(C)C)ccc1C. The lowest BCUT2D eigenvalue weighted by Gasteiger charge is -2.22. The van der Waals surface area contributed by atoms with E-state index >= 15 is 0 Å². The fourth-order valence-corrected chi connectivity index (χ4v) is 2.70. The monoisotopic (exact) mass is 367 g/mol. The van der Waals surface area contributed by atoms with Gasteiger partial charge in [0.05, 0.1) is 0 Å². The van der Waals surface area contributed by atoms with Gasteiger partial charge in [-0.2, -0.15) is 0 Å². The van der Waals surface area contributed by atoms with Crippen molar-refractivity contribution in [2.24, 2.45) is 0 Å². The topological polar surface area (TPSA) is 61.4 Å².